The number of hydrogen-bond acceptors (Lipinski definition) is 5. The number of esters is 1. The largest absolute Gasteiger partial charge is 0.459 e. The van der Waals surface area contributed by atoms with E-state index in [9.17, 15) is 9.59 Å². The van der Waals surface area contributed by atoms with Crippen LogP contribution >= 0.6 is 12.2 Å². The third kappa shape index (κ3) is 4.19. The Hall–Kier alpha value is -3.31. The molecule has 6 rings (SSSR count). The fourth-order valence-electron chi connectivity index (χ4n) is 6.60. The first-order valence-corrected chi connectivity index (χ1v) is 13.8. The van der Waals surface area contributed by atoms with Crippen molar-refractivity contribution < 1.29 is 14.3 Å². The number of rotatable bonds is 3. The van der Waals surface area contributed by atoms with Gasteiger partial charge in [0.1, 0.15) is 6.10 Å². The van der Waals surface area contributed by atoms with Crippen LogP contribution in [-0.2, 0) is 4.74 Å². The van der Waals surface area contributed by atoms with Crippen LogP contribution in [0.4, 0.5) is 5.69 Å². The zero-order valence-electron chi connectivity index (χ0n) is 21.1. The third-order valence-electron chi connectivity index (χ3n) is 8.59. The summed E-state index contributed by atoms with van der Waals surface area (Å²) in [5, 5.41) is 0. The average Bonchev–Trinajstić information content (AvgIpc) is 2.92. The Bertz CT molecular complexity index is 1420. The quantitative estimate of drug-likeness (QED) is 0.182. The van der Waals surface area contributed by atoms with Crippen molar-refractivity contribution in [2.24, 2.45) is 11.8 Å². The Morgan fingerprint density at radius 2 is 1.59 bits per heavy atom. The van der Waals surface area contributed by atoms with Crippen LogP contribution in [0.3, 0.4) is 0 Å². The Morgan fingerprint density at radius 1 is 0.892 bits per heavy atom. The van der Waals surface area contributed by atoms with Crippen molar-refractivity contribution in [2.75, 3.05) is 5.73 Å². The zero-order chi connectivity index (χ0) is 25.7. The first-order valence-electron chi connectivity index (χ1n) is 13.3. The molecule has 3 unspecified atom stereocenters. The van der Waals surface area contributed by atoms with Crippen molar-refractivity contribution in [3.05, 3.63) is 88.0 Å². The molecule has 37 heavy (non-hydrogen) atoms. The molecule has 4 nitrogen and oxygen atoms in total. The lowest BCUT2D eigenvalue weighted by Crippen LogP contribution is -2.33. The molecule has 188 valence electrons. The highest BCUT2D eigenvalue weighted by Crippen LogP contribution is 2.43. The van der Waals surface area contributed by atoms with E-state index >= 15 is 0 Å². The summed E-state index contributed by atoms with van der Waals surface area (Å²) in [6.45, 7) is 2.02. The molecular formula is C32H31NO3S. The first kappa shape index (κ1) is 24.1. The van der Waals surface area contributed by atoms with Crippen LogP contribution in [0.5, 0.6) is 0 Å². The van der Waals surface area contributed by atoms with Crippen LogP contribution in [0, 0.1) is 18.8 Å². The number of fused-ring (bicyclic) bond motifs is 3. The normalized spacial score (nSPS) is 22.6. The van der Waals surface area contributed by atoms with Gasteiger partial charge in [0.25, 0.3) is 0 Å². The number of carbonyl (C=O) groups is 2. The van der Waals surface area contributed by atoms with Crippen molar-refractivity contribution in [1.82, 2.24) is 0 Å². The van der Waals surface area contributed by atoms with Crippen LogP contribution < -0.4 is 5.73 Å². The number of nitrogens with two attached hydrogens (primary N) is 1. The molecule has 3 atom stereocenters. The maximum atomic E-state index is 13.8. The highest BCUT2D eigenvalue weighted by atomic mass is 32.1. The number of nitrogen functional groups attached to an aromatic ring is 1. The standard InChI is InChI=1S/C32H31NO3S/c1-18-10-12-20(13-11-18)25-17-26(32(35)36-22-15-14-19-6-2-3-7-21(19)16-22)29(33)28-27(25)30(34)23-8-4-5-9-24(23)31(28)37/h4-5,8-13,17,19,21-22H,2-3,6-7,14-16,33H2,1H3. The molecule has 2 saturated carbocycles. The molecule has 0 bridgehead atoms. The molecule has 0 radical (unpaired) electrons. The van der Waals surface area contributed by atoms with Crippen molar-refractivity contribution >= 4 is 34.5 Å². The van der Waals surface area contributed by atoms with Crippen LogP contribution in [-0.4, -0.2) is 22.7 Å². The minimum Gasteiger partial charge on any atom is -0.459 e. The predicted molar refractivity (Wildman–Crippen MR) is 150 cm³/mol. The number of carbonyl (C=O) groups excluding carboxylic acids is 2. The summed E-state index contributed by atoms with van der Waals surface area (Å²) < 4.78 is 6.09. The molecule has 0 aliphatic heterocycles. The molecule has 0 aromatic heterocycles. The van der Waals surface area contributed by atoms with Gasteiger partial charge in [0.05, 0.1) is 16.1 Å². The van der Waals surface area contributed by atoms with Gasteiger partial charge in [-0.05, 0) is 55.2 Å². The van der Waals surface area contributed by atoms with Gasteiger partial charge in [-0.15, -0.1) is 0 Å². The van der Waals surface area contributed by atoms with Gasteiger partial charge in [-0.3, -0.25) is 4.79 Å². The second-order valence-electron chi connectivity index (χ2n) is 10.9. The average molecular weight is 510 g/mol. The summed E-state index contributed by atoms with van der Waals surface area (Å²) in [5.41, 5.74) is 12.0. The molecule has 2 N–H and O–H groups in total. The van der Waals surface area contributed by atoms with E-state index in [1.807, 2.05) is 49.4 Å². The Morgan fingerprint density at radius 3 is 2.35 bits per heavy atom. The minimum absolute atomic E-state index is 0.0978. The number of benzene rings is 3. The lowest BCUT2D eigenvalue weighted by molar-refractivity contribution is -0.000834. The maximum absolute atomic E-state index is 13.8. The van der Waals surface area contributed by atoms with Crippen molar-refractivity contribution in [3.8, 4) is 11.1 Å². The van der Waals surface area contributed by atoms with E-state index in [4.69, 9.17) is 22.7 Å². The molecule has 0 saturated heterocycles. The van der Waals surface area contributed by atoms with E-state index in [1.54, 1.807) is 12.1 Å². The minimum atomic E-state index is -0.429. The van der Waals surface area contributed by atoms with E-state index in [0.717, 1.165) is 36.3 Å². The van der Waals surface area contributed by atoms with E-state index in [-0.39, 0.29) is 23.1 Å². The van der Waals surface area contributed by atoms with Gasteiger partial charge in [-0.2, -0.15) is 0 Å². The summed E-state index contributed by atoms with van der Waals surface area (Å²) >= 11 is 5.87. The highest BCUT2D eigenvalue weighted by molar-refractivity contribution is 7.81. The molecule has 3 aliphatic rings. The monoisotopic (exact) mass is 509 g/mol. The van der Waals surface area contributed by atoms with Crippen LogP contribution in [0.1, 0.15) is 87.9 Å². The lowest BCUT2D eigenvalue weighted by atomic mass is 9.70. The van der Waals surface area contributed by atoms with Crippen molar-refractivity contribution in [3.63, 3.8) is 0 Å². The Labute approximate surface area is 223 Å². The summed E-state index contributed by atoms with van der Waals surface area (Å²) in [6, 6.07) is 17.0. The molecule has 0 spiro atoms. The van der Waals surface area contributed by atoms with Gasteiger partial charge in [-0.1, -0.05) is 92.0 Å². The van der Waals surface area contributed by atoms with Crippen molar-refractivity contribution in [1.29, 1.82) is 0 Å². The van der Waals surface area contributed by atoms with Crippen LogP contribution in [0.25, 0.3) is 11.1 Å². The number of ether oxygens (including phenoxy) is 1. The Balaban J connectivity index is 1.43. The van der Waals surface area contributed by atoms with Crippen LogP contribution in [0.2, 0.25) is 0 Å². The number of anilines is 1. The Kier molecular flexibility index (Phi) is 6.20. The van der Waals surface area contributed by atoms with E-state index < -0.39 is 5.97 Å². The van der Waals surface area contributed by atoms with Gasteiger partial charge >= 0.3 is 5.97 Å². The molecular weight excluding hydrogens is 478 g/mol. The molecule has 2 fully saturated rings. The number of aryl methyl sites for hydroxylation is 1. The molecule has 0 amide bonds. The summed E-state index contributed by atoms with van der Waals surface area (Å²) in [4.78, 5) is 27.9. The SMILES string of the molecule is Cc1ccc(-c2cc(C(=O)OC3CCC4CCCCC4C3)c(N)c3c2C(=O)c2ccccc2C3=S)cc1. The molecule has 0 heterocycles. The second-order valence-corrected chi connectivity index (χ2v) is 11.3. The molecule has 3 aliphatic carbocycles. The summed E-state index contributed by atoms with van der Waals surface area (Å²) in [7, 11) is 0. The second kappa shape index (κ2) is 9.53. The topological polar surface area (TPSA) is 69.4 Å². The maximum Gasteiger partial charge on any atom is 0.340 e. The van der Waals surface area contributed by atoms with Gasteiger partial charge in [0, 0.05) is 22.3 Å². The molecule has 3 aromatic carbocycles. The lowest BCUT2D eigenvalue weighted by Gasteiger charge is -2.38. The van der Waals surface area contributed by atoms with Crippen molar-refractivity contribution in [2.45, 2.75) is 58.0 Å². The summed E-state index contributed by atoms with van der Waals surface area (Å²) in [5.74, 6) is 0.860. The first-order chi connectivity index (χ1) is 17.9. The fourth-order valence-corrected chi connectivity index (χ4v) is 6.99. The van der Waals surface area contributed by atoms with E-state index in [2.05, 4.69) is 0 Å². The third-order valence-corrected chi connectivity index (χ3v) is 9.01. The summed E-state index contributed by atoms with van der Waals surface area (Å²) in [6.07, 6.45) is 7.96. The highest BCUT2D eigenvalue weighted by Gasteiger charge is 2.36. The van der Waals surface area contributed by atoms with E-state index in [1.165, 1.54) is 25.7 Å². The van der Waals surface area contributed by atoms with Gasteiger partial charge in [-0.25, -0.2) is 4.79 Å². The fraction of sp³-hybridized carbons (Fsp3) is 0.344. The van der Waals surface area contributed by atoms with Crippen LogP contribution in [0.15, 0.2) is 54.6 Å². The molecule has 3 aromatic rings. The smallest absolute Gasteiger partial charge is 0.340 e. The van der Waals surface area contributed by atoms with Gasteiger partial charge in [0.2, 0.25) is 0 Å². The number of hydrogen-bond donors (Lipinski definition) is 1. The predicted octanol–water partition coefficient (Wildman–Crippen LogP) is 7.07. The number of ketones is 1. The van der Waals surface area contributed by atoms with E-state index in [0.29, 0.717) is 38.6 Å². The molecule has 5 heteroatoms. The van der Waals surface area contributed by atoms with Gasteiger partial charge in [0.15, 0.2) is 5.78 Å². The van der Waals surface area contributed by atoms with Gasteiger partial charge < -0.3 is 10.5 Å². The number of thiocarbonyl (C=S) groups is 1. The zero-order valence-corrected chi connectivity index (χ0v) is 21.9.